The molecule has 10 nitrogen and oxygen atoms in total. The Kier molecular flexibility index (Phi) is 10.0. The van der Waals surface area contributed by atoms with Crippen molar-refractivity contribution in [1.29, 1.82) is 0 Å². The van der Waals surface area contributed by atoms with E-state index in [0.717, 1.165) is 16.5 Å². The zero-order valence-corrected chi connectivity index (χ0v) is 24.2. The van der Waals surface area contributed by atoms with Crippen LogP contribution in [-0.4, -0.2) is 52.8 Å². The summed E-state index contributed by atoms with van der Waals surface area (Å²) in [5.74, 6) is -0.650. The van der Waals surface area contributed by atoms with Gasteiger partial charge in [0.1, 0.15) is 18.2 Å². The number of nitrogens with zero attached hydrogens (tertiary/aromatic N) is 1. The van der Waals surface area contributed by atoms with Gasteiger partial charge in [0.2, 0.25) is 11.8 Å². The van der Waals surface area contributed by atoms with Crippen LogP contribution in [0.5, 0.6) is 0 Å². The van der Waals surface area contributed by atoms with E-state index in [1.54, 1.807) is 33.0 Å². The molecule has 0 saturated carbocycles. The van der Waals surface area contributed by atoms with Gasteiger partial charge in [-0.15, -0.1) is 0 Å². The highest BCUT2D eigenvalue weighted by Crippen LogP contribution is 2.24. The largest absolute Gasteiger partial charge is 0.445 e. The van der Waals surface area contributed by atoms with Crippen molar-refractivity contribution < 1.29 is 28.7 Å². The maximum absolute atomic E-state index is 13.5. The molecule has 0 radical (unpaired) electrons. The summed E-state index contributed by atoms with van der Waals surface area (Å²) in [6.07, 6.45) is 5.44. The summed E-state index contributed by atoms with van der Waals surface area (Å²) in [7, 11) is 0. The van der Waals surface area contributed by atoms with Gasteiger partial charge in [-0.2, -0.15) is 0 Å². The van der Waals surface area contributed by atoms with Gasteiger partial charge < -0.3 is 25.4 Å². The Morgan fingerprint density at radius 2 is 1.76 bits per heavy atom. The van der Waals surface area contributed by atoms with Crippen LogP contribution < -0.4 is 16.0 Å². The Morgan fingerprint density at radius 1 is 1.02 bits per heavy atom. The Morgan fingerprint density at radius 3 is 2.52 bits per heavy atom. The van der Waals surface area contributed by atoms with Crippen LogP contribution >= 0.6 is 0 Å². The van der Waals surface area contributed by atoms with E-state index in [4.69, 9.17) is 9.47 Å². The summed E-state index contributed by atoms with van der Waals surface area (Å²) in [6, 6.07) is 15.3. The first kappa shape index (κ1) is 30.4. The van der Waals surface area contributed by atoms with Crippen LogP contribution in [0.2, 0.25) is 0 Å². The van der Waals surface area contributed by atoms with Crippen LogP contribution in [0, 0.1) is 0 Å². The number of ether oxygens (including phenoxy) is 2. The van der Waals surface area contributed by atoms with Gasteiger partial charge in [-0.05, 0) is 63.6 Å². The van der Waals surface area contributed by atoms with Gasteiger partial charge in [0.15, 0.2) is 0 Å². The SMILES string of the molecule is CC(C)(C)OC(=O)n1cc(C[C@H]2/C=C\C(=O)NCCCC[C@H](NC(=O)OCc3ccccc3)C(=O)N2)c2ccccc21. The second kappa shape index (κ2) is 13.8. The van der Waals surface area contributed by atoms with Crippen molar-refractivity contribution in [3.05, 3.63) is 84.1 Å². The zero-order valence-electron chi connectivity index (χ0n) is 24.2. The van der Waals surface area contributed by atoms with Gasteiger partial charge in [-0.3, -0.25) is 14.2 Å². The molecule has 2 atom stereocenters. The molecular formula is C32H38N4O6. The second-order valence-corrected chi connectivity index (χ2v) is 11.2. The molecule has 222 valence electrons. The highest BCUT2D eigenvalue weighted by molar-refractivity contribution is 5.92. The fraction of sp³-hybridized carbons (Fsp3) is 0.375. The number of carbonyl (C=O) groups excluding carboxylic acids is 4. The molecule has 0 fully saturated rings. The molecule has 1 aliphatic heterocycles. The average molecular weight is 575 g/mol. The zero-order chi connectivity index (χ0) is 30.1. The predicted octanol–water partition coefficient (Wildman–Crippen LogP) is 4.60. The van der Waals surface area contributed by atoms with Gasteiger partial charge in [0.05, 0.1) is 11.6 Å². The summed E-state index contributed by atoms with van der Waals surface area (Å²) < 4.78 is 12.4. The van der Waals surface area contributed by atoms with Gasteiger partial charge in [0.25, 0.3) is 0 Å². The number of carbonyl (C=O) groups is 4. The van der Waals surface area contributed by atoms with Crippen molar-refractivity contribution >= 4 is 34.9 Å². The molecule has 4 rings (SSSR count). The van der Waals surface area contributed by atoms with Crippen molar-refractivity contribution in [2.75, 3.05) is 6.54 Å². The number of alkyl carbamates (subject to hydrolysis) is 1. The van der Waals surface area contributed by atoms with Crippen molar-refractivity contribution in [2.45, 2.75) is 70.7 Å². The number of benzene rings is 2. The fourth-order valence-corrected chi connectivity index (χ4v) is 4.69. The summed E-state index contributed by atoms with van der Waals surface area (Å²) in [4.78, 5) is 51.4. The molecule has 1 aromatic heterocycles. The smallest absolute Gasteiger partial charge is 0.419 e. The molecule has 0 spiro atoms. The normalized spacial score (nSPS) is 19.0. The molecule has 3 N–H and O–H groups in total. The summed E-state index contributed by atoms with van der Waals surface area (Å²) in [5, 5.41) is 9.34. The lowest BCUT2D eigenvalue weighted by Gasteiger charge is -2.22. The van der Waals surface area contributed by atoms with Crippen LogP contribution in [0.25, 0.3) is 10.9 Å². The van der Waals surface area contributed by atoms with E-state index in [0.29, 0.717) is 31.3 Å². The lowest BCUT2D eigenvalue weighted by atomic mass is 10.0. The number of aromatic nitrogens is 1. The average Bonchev–Trinajstić information content (AvgIpc) is 3.31. The first-order chi connectivity index (χ1) is 20.1. The second-order valence-electron chi connectivity index (χ2n) is 11.2. The van der Waals surface area contributed by atoms with Gasteiger partial charge in [0, 0.05) is 24.2 Å². The lowest BCUT2D eigenvalue weighted by molar-refractivity contribution is -0.124. The molecule has 10 heteroatoms. The monoisotopic (exact) mass is 574 g/mol. The predicted molar refractivity (Wildman–Crippen MR) is 159 cm³/mol. The Labute approximate surface area is 245 Å². The molecule has 3 aromatic rings. The van der Waals surface area contributed by atoms with E-state index in [9.17, 15) is 19.2 Å². The van der Waals surface area contributed by atoms with E-state index < -0.39 is 35.8 Å². The minimum Gasteiger partial charge on any atom is -0.445 e. The van der Waals surface area contributed by atoms with Crippen molar-refractivity contribution in [2.24, 2.45) is 0 Å². The summed E-state index contributed by atoms with van der Waals surface area (Å²) in [6.45, 7) is 5.94. The highest BCUT2D eigenvalue weighted by atomic mass is 16.6. The summed E-state index contributed by atoms with van der Waals surface area (Å²) >= 11 is 0. The first-order valence-electron chi connectivity index (χ1n) is 14.1. The van der Waals surface area contributed by atoms with Crippen LogP contribution in [0.1, 0.15) is 51.2 Å². The van der Waals surface area contributed by atoms with E-state index in [-0.39, 0.29) is 18.9 Å². The molecule has 2 heterocycles. The van der Waals surface area contributed by atoms with Crippen LogP contribution in [0.4, 0.5) is 9.59 Å². The lowest BCUT2D eigenvalue weighted by Crippen LogP contribution is -2.50. The van der Waals surface area contributed by atoms with Crippen LogP contribution in [0.15, 0.2) is 72.9 Å². The fourth-order valence-electron chi connectivity index (χ4n) is 4.69. The quantitative estimate of drug-likeness (QED) is 0.409. The third kappa shape index (κ3) is 8.70. The standard InChI is InChI=1S/C32H38N4O6/c1-32(2,3)42-31(40)36-20-23(25-13-7-8-15-27(25)36)19-24-16-17-28(37)33-18-10-9-14-26(29(38)34-24)35-30(39)41-21-22-11-5-4-6-12-22/h4-8,11-13,15-17,20,24,26H,9-10,14,18-19,21H2,1-3H3,(H,33,37)(H,34,38)(H,35,39)/b17-16-/t24-,26+/m1/s1. The molecule has 0 saturated heterocycles. The third-order valence-electron chi connectivity index (χ3n) is 6.67. The van der Waals surface area contributed by atoms with Crippen molar-refractivity contribution in [3.63, 3.8) is 0 Å². The van der Waals surface area contributed by atoms with Crippen LogP contribution in [0.3, 0.4) is 0 Å². The maximum Gasteiger partial charge on any atom is 0.419 e. The Bertz CT molecular complexity index is 1440. The molecular weight excluding hydrogens is 536 g/mol. The molecule has 1 aliphatic rings. The van der Waals surface area contributed by atoms with E-state index in [1.165, 1.54) is 10.6 Å². The van der Waals surface area contributed by atoms with E-state index in [2.05, 4.69) is 16.0 Å². The van der Waals surface area contributed by atoms with E-state index >= 15 is 0 Å². The van der Waals surface area contributed by atoms with Gasteiger partial charge in [-0.1, -0.05) is 54.6 Å². The number of nitrogens with one attached hydrogen (secondary N) is 3. The van der Waals surface area contributed by atoms with E-state index in [1.807, 2.05) is 54.6 Å². The number of hydrogen-bond acceptors (Lipinski definition) is 6. The number of para-hydroxylation sites is 1. The molecule has 0 bridgehead atoms. The third-order valence-corrected chi connectivity index (χ3v) is 6.67. The minimum atomic E-state index is -0.831. The van der Waals surface area contributed by atoms with Crippen molar-refractivity contribution in [1.82, 2.24) is 20.5 Å². The molecule has 2 aromatic carbocycles. The number of hydrogen-bond donors (Lipinski definition) is 3. The number of amides is 3. The number of fused-ring (bicyclic) bond motifs is 1. The highest BCUT2D eigenvalue weighted by Gasteiger charge is 2.26. The summed E-state index contributed by atoms with van der Waals surface area (Å²) in [5.41, 5.74) is 1.61. The van der Waals surface area contributed by atoms with Crippen molar-refractivity contribution in [3.8, 4) is 0 Å². The minimum absolute atomic E-state index is 0.0835. The topological polar surface area (TPSA) is 128 Å². The van der Waals surface area contributed by atoms with Crippen LogP contribution in [-0.2, 0) is 32.1 Å². The number of rotatable bonds is 5. The molecule has 42 heavy (non-hydrogen) atoms. The molecule has 0 unspecified atom stereocenters. The Hall–Kier alpha value is -4.60. The molecule has 0 aliphatic carbocycles. The molecule has 3 amide bonds. The first-order valence-corrected chi connectivity index (χ1v) is 14.1. The Balaban J connectivity index is 1.54. The van der Waals surface area contributed by atoms with Gasteiger partial charge >= 0.3 is 12.2 Å². The maximum atomic E-state index is 13.5. The van der Waals surface area contributed by atoms with Gasteiger partial charge in [-0.25, -0.2) is 9.59 Å².